The summed E-state index contributed by atoms with van der Waals surface area (Å²) < 4.78 is 0. The first-order chi connectivity index (χ1) is 5.93. The predicted octanol–water partition coefficient (Wildman–Crippen LogP) is 2.90. The van der Waals surface area contributed by atoms with E-state index in [2.05, 4.69) is 46.0 Å². The number of rotatable bonds is 1. The van der Waals surface area contributed by atoms with Gasteiger partial charge in [0.25, 0.3) is 0 Å². The molecule has 0 spiro atoms. The average Bonchev–Trinajstić information content (AvgIpc) is 1.96. The maximum Gasteiger partial charge on any atom is 0.0168 e. The fourth-order valence-electron chi connectivity index (χ4n) is 1.94. The molecule has 1 heteroatoms. The van der Waals surface area contributed by atoms with Crippen LogP contribution in [0.5, 0.6) is 0 Å². The maximum atomic E-state index is 3.44. The van der Waals surface area contributed by atoms with Crippen molar-refractivity contribution in [2.24, 2.45) is 5.41 Å². The lowest BCUT2D eigenvalue weighted by molar-refractivity contribution is 0.397. The standard InChI is InChI=1S/C12H21N/c1-9(2)6-11-10(3)7-13-8-12(11,4)5/h6,13H,7-8H2,1-5H3. The van der Waals surface area contributed by atoms with Gasteiger partial charge >= 0.3 is 0 Å². The van der Waals surface area contributed by atoms with Gasteiger partial charge in [-0.05, 0) is 26.3 Å². The highest BCUT2D eigenvalue weighted by atomic mass is 14.9. The molecular formula is C12H21N. The van der Waals surface area contributed by atoms with Crippen LogP contribution in [0.1, 0.15) is 34.6 Å². The lowest BCUT2D eigenvalue weighted by atomic mass is 9.78. The molecule has 1 nitrogen and oxygen atoms in total. The Morgan fingerprint density at radius 1 is 1.38 bits per heavy atom. The van der Waals surface area contributed by atoms with Crippen LogP contribution in [0.3, 0.4) is 0 Å². The summed E-state index contributed by atoms with van der Waals surface area (Å²) in [7, 11) is 0. The van der Waals surface area contributed by atoms with Gasteiger partial charge in [-0.1, -0.05) is 31.1 Å². The Kier molecular flexibility index (Phi) is 2.97. The summed E-state index contributed by atoms with van der Waals surface area (Å²) in [5, 5.41) is 3.44. The number of nitrogens with one attached hydrogen (secondary N) is 1. The second-order valence-electron chi connectivity index (χ2n) is 4.90. The molecule has 0 saturated carbocycles. The average molecular weight is 179 g/mol. The lowest BCUT2D eigenvalue weighted by Crippen LogP contribution is -2.37. The van der Waals surface area contributed by atoms with Crippen LogP contribution < -0.4 is 5.32 Å². The molecule has 1 heterocycles. The summed E-state index contributed by atoms with van der Waals surface area (Å²) in [5.41, 5.74) is 4.69. The van der Waals surface area contributed by atoms with Gasteiger partial charge in [-0.3, -0.25) is 0 Å². The molecule has 0 bridgehead atoms. The summed E-state index contributed by atoms with van der Waals surface area (Å²) in [6, 6.07) is 0. The van der Waals surface area contributed by atoms with Crippen molar-refractivity contribution < 1.29 is 0 Å². The Morgan fingerprint density at radius 3 is 2.46 bits per heavy atom. The quantitative estimate of drug-likeness (QED) is 0.652. The van der Waals surface area contributed by atoms with Crippen LogP contribution in [-0.4, -0.2) is 13.1 Å². The van der Waals surface area contributed by atoms with Gasteiger partial charge in [0, 0.05) is 18.5 Å². The van der Waals surface area contributed by atoms with E-state index in [1.807, 2.05) is 0 Å². The van der Waals surface area contributed by atoms with Gasteiger partial charge < -0.3 is 5.32 Å². The fraction of sp³-hybridized carbons (Fsp3) is 0.667. The van der Waals surface area contributed by atoms with E-state index in [1.54, 1.807) is 0 Å². The van der Waals surface area contributed by atoms with Gasteiger partial charge in [0.1, 0.15) is 0 Å². The van der Waals surface area contributed by atoms with Crippen LogP contribution in [0.4, 0.5) is 0 Å². The summed E-state index contributed by atoms with van der Waals surface area (Å²) in [6.45, 7) is 13.3. The van der Waals surface area contributed by atoms with Gasteiger partial charge in [0.05, 0.1) is 0 Å². The molecule has 1 rings (SSSR count). The van der Waals surface area contributed by atoms with Crippen molar-refractivity contribution in [3.05, 3.63) is 22.8 Å². The highest BCUT2D eigenvalue weighted by Crippen LogP contribution is 2.32. The van der Waals surface area contributed by atoms with E-state index in [1.165, 1.54) is 16.7 Å². The summed E-state index contributed by atoms with van der Waals surface area (Å²) in [5.74, 6) is 0. The van der Waals surface area contributed by atoms with Crippen molar-refractivity contribution in [2.75, 3.05) is 13.1 Å². The first-order valence-corrected chi connectivity index (χ1v) is 4.99. The number of hydrogen-bond acceptors (Lipinski definition) is 1. The fourth-order valence-corrected chi connectivity index (χ4v) is 1.94. The Morgan fingerprint density at radius 2 is 2.00 bits per heavy atom. The SMILES string of the molecule is CC(C)=CC1=C(C)CNCC1(C)C. The molecule has 0 radical (unpaired) electrons. The molecule has 74 valence electrons. The monoisotopic (exact) mass is 179 g/mol. The van der Waals surface area contributed by atoms with Crippen molar-refractivity contribution in [2.45, 2.75) is 34.6 Å². The van der Waals surface area contributed by atoms with E-state index < -0.39 is 0 Å². The minimum Gasteiger partial charge on any atom is -0.312 e. The molecule has 0 aromatic rings. The third kappa shape index (κ3) is 2.44. The maximum absolute atomic E-state index is 3.44. The molecule has 0 aromatic carbocycles. The molecule has 0 atom stereocenters. The minimum atomic E-state index is 0.291. The van der Waals surface area contributed by atoms with Crippen LogP contribution in [0.15, 0.2) is 22.8 Å². The van der Waals surface area contributed by atoms with Gasteiger partial charge in [0.2, 0.25) is 0 Å². The van der Waals surface area contributed by atoms with Gasteiger partial charge in [-0.2, -0.15) is 0 Å². The molecular weight excluding hydrogens is 158 g/mol. The van der Waals surface area contributed by atoms with Crippen LogP contribution in [-0.2, 0) is 0 Å². The predicted molar refractivity (Wildman–Crippen MR) is 58.8 cm³/mol. The largest absolute Gasteiger partial charge is 0.312 e. The Labute approximate surface area is 81.9 Å². The molecule has 1 aliphatic heterocycles. The van der Waals surface area contributed by atoms with Crippen molar-refractivity contribution >= 4 is 0 Å². The Hall–Kier alpha value is -0.560. The normalized spacial score (nSPS) is 21.6. The summed E-state index contributed by atoms with van der Waals surface area (Å²) in [4.78, 5) is 0. The molecule has 0 unspecified atom stereocenters. The smallest absolute Gasteiger partial charge is 0.0168 e. The van der Waals surface area contributed by atoms with Crippen LogP contribution in [0, 0.1) is 5.41 Å². The zero-order valence-electron chi connectivity index (χ0n) is 9.49. The van der Waals surface area contributed by atoms with Crippen molar-refractivity contribution in [1.82, 2.24) is 5.32 Å². The van der Waals surface area contributed by atoms with Crippen LogP contribution in [0.25, 0.3) is 0 Å². The Bertz CT molecular complexity index is 252. The van der Waals surface area contributed by atoms with E-state index in [9.17, 15) is 0 Å². The van der Waals surface area contributed by atoms with E-state index in [0.717, 1.165) is 13.1 Å². The second kappa shape index (κ2) is 3.67. The third-order valence-corrected chi connectivity index (χ3v) is 2.58. The van der Waals surface area contributed by atoms with E-state index in [4.69, 9.17) is 0 Å². The van der Waals surface area contributed by atoms with E-state index >= 15 is 0 Å². The van der Waals surface area contributed by atoms with Crippen molar-refractivity contribution in [3.8, 4) is 0 Å². The molecule has 0 aliphatic carbocycles. The van der Waals surface area contributed by atoms with Gasteiger partial charge in [-0.15, -0.1) is 0 Å². The molecule has 0 fully saturated rings. The number of hydrogen-bond donors (Lipinski definition) is 1. The number of allylic oxidation sites excluding steroid dienone is 2. The summed E-state index contributed by atoms with van der Waals surface area (Å²) in [6.07, 6.45) is 2.33. The first-order valence-electron chi connectivity index (χ1n) is 4.99. The topological polar surface area (TPSA) is 12.0 Å². The summed E-state index contributed by atoms with van der Waals surface area (Å²) >= 11 is 0. The zero-order valence-corrected chi connectivity index (χ0v) is 9.49. The molecule has 13 heavy (non-hydrogen) atoms. The van der Waals surface area contributed by atoms with E-state index in [0.29, 0.717) is 5.41 Å². The van der Waals surface area contributed by atoms with Crippen LogP contribution in [0.2, 0.25) is 0 Å². The molecule has 0 aromatic heterocycles. The highest BCUT2D eigenvalue weighted by molar-refractivity contribution is 5.35. The Balaban J connectivity index is 3.05. The molecule has 0 saturated heterocycles. The van der Waals surface area contributed by atoms with Crippen LogP contribution >= 0.6 is 0 Å². The molecule has 1 N–H and O–H groups in total. The lowest BCUT2D eigenvalue weighted by Gasteiger charge is -2.33. The first kappa shape index (κ1) is 10.5. The van der Waals surface area contributed by atoms with Crippen molar-refractivity contribution in [1.29, 1.82) is 0 Å². The highest BCUT2D eigenvalue weighted by Gasteiger charge is 2.26. The van der Waals surface area contributed by atoms with E-state index in [-0.39, 0.29) is 0 Å². The van der Waals surface area contributed by atoms with Gasteiger partial charge in [-0.25, -0.2) is 0 Å². The zero-order chi connectivity index (χ0) is 10.1. The van der Waals surface area contributed by atoms with Crippen molar-refractivity contribution in [3.63, 3.8) is 0 Å². The molecule has 0 amide bonds. The third-order valence-electron chi connectivity index (χ3n) is 2.58. The minimum absolute atomic E-state index is 0.291. The molecule has 1 aliphatic rings. The second-order valence-corrected chi connectivity index (χ2v) is 4.90. The van der Waals surface area contributed by atoms with Gasteiger partial charge in [0.15, 0.2) is 0 Å².